The number of amides is 1. The van der Waals surface area contributed by atoms with Gasteiger partial charge >= 0.3 is 0 Å². The van der Waals surface area contributed by atoms with Gasteiger partial charge in [-0.3, -0.25) is 13.9 Å². The number of carbonyl (C=O) groups is 1. The van der Waals surface area contributed by atoms with Gasteiger partial charge in [0, 0.05) is 49.2 Å². The molecular formula is C20H23N5O2. The third kappa shape index (κ3) is 2.52. The minimum absolute atomic E-state index is 0.0867. The molecule has 3 aromatic heterocycles. The molecule has 140 valence electrons. The average Bonchev–Trinajstić information content (AvgIpc) is 3.36. The highest BCUT2D eigenvalue weighted by Gasteiger charge is 2.44. The zero-order valence-corrected chi connectivity index (χ0v) is 15.6. The third-order valence-electron chi connectivity index (χ3n) is 6.18. The summed E-state index contributed by atoms with van der Waals surface area (Å²) in [6, 6.07) is 6.40. The monoisotopic (exact) mass is 365 g/mol. The molecule has 2 atom stereocenters. The summed E-state index contributed by atoms with van der Waals surface area (Å²) in [5.41, 5.74) is 2.64. The predicted molar refractivity (Wildman–Crippen MR) is 99.9 cm³/mol. The van der Waals surface area contributed by atoms with Crippen molar-refractivity contribution in [2.24, 2.45) is 7.05 Å². The van der Waals surface area contributed by atoms with Crippen LogP contribution in [0.3, 0.4) is 0 Å². The number of imidazole rings is 1. The maximum absolute atomic E-state index is 13.4. The van der Waals surface area contributed by atoms with E-state index in [9.17, 15) is 4.79 Å². The van der Waals surface area contributed by atoms with Gasteiger partial charge in [-0.2, -0.15) is 5.10 Å². The Labute approximate surface area is 157 Å². The van der Waals surface area contributed by atoms with Gasteiger partial charge < -0.3 is 9.64 Å². The Morgan fingerprint density at radius 3 is 2.67 bits per heavy atom. The summed E-state index contributed by atoms with van der Waals surface area (Å²) < 4.78 is 9.08. The van der Waals surface area contributed by atoms with E-state index >= 15 is 0 Å². The van der Waals surface area contributed by atoms with Crippen LogP contribution in [0.2, 0.25) is 0 Å². The number of hydrogen-bond acceptors (Lipinski definition) is 4. The second kappa shape index (κ2) is 6.11. The first kappa shape index (κ1) is 16.4. The Bertz CT molecular complexity index is 993. The zero-order chi connectivity index (χ0) is 18.5. The summed E-state index contributed by atoms with van der Waals surface area (Å²) in [4.78, 5) is 19.9. The topological polar surface area (TPSA) is 64.7 Å². The number of pyridine rings is 1. The smallest absolute Gasteiger partial charge is 0.272 e. The van der Waals surface area contributed by atoms with Gasteiger partial charge in [0.1, 0.15) is 17.1 Å². The molecule has 2 aliphatic heterocycles. The van der Waals surface area contributed by atoms with Crippen molar-refractivity contribution in [3.63, 3.8) is 0 Å². The van der Waals surface area contributed by atoms with E-state index in [1.54, 1.807) is 13.3 Å². The van der Waals surface area contributed by atoms with Crippen LogP contribution in [0, 0.1) is 0 Å². The lowest BCUT2D eigenvalue weighted by atomic mass is 9.88. The van der Waals surface area contributed by atoms with Crippen LogP contribution in [0.25, 0.3) is 5.65 Å². The van der Waals surface area contributed by atoms with Crippen molar-refractivity contribution in [1.29, 1.82) is 0 Å². The quantitative estimate of drug-likeness (QED) is 0.716. The fraction of sp³-hybridized carbons (Fsp3) is 0.450. The Hall–Kier alpha value is -2.83. The highest BCUT2D eigenvalue weighted by Crippen LogP contribution is 2.43. The van der Waals surface area contributed by atoms with Crippen LogP contribution in [0.4, 0.5) is 0 Å². The lowest BCUT2D eigenvalue weighted by molar-refractivity contribution is 0.0561. The molecule has 3 aromatic rings. The van der Waals surface area contributed by atoms with Gasteiger partial charge in [0.05, 0.1) is 13.3 Å². The summed E-state index contributed by atoms with van der Waals surface area (Å²) in [7, 11) is 3.63. The highest BCUT2D eigenvalue weighted by atomic mass is 16.5. The Kier molecular flexibility index (Phi) is 3.70. The summed E-state index contributed by atoms with van der Waals surface area (Å²) >= 11 is 0. The van der Waals surface area contributed by atoms with Gasteiger partial charge in [-0.25, -0.2) is 4.98 Å². The molecule has 5 heterocycles. The molecule has 7 heteroatoms. The first-order valence-corrected chi connectivity index (χ1v) is 9.47. The number of fused-ring (bicyclic) bond motifs is 3. The zero-order valence-electron chi connectivity index (χ0n) is 15.6. The van der Waals surface area contributed by atoms with E-state index in [1.807, 2.05) is 40.7 Å². The number of carbonyl (C=O) groups excluding carboxylic acids is 1. The standard InChI is InChI=1S/C20H23N5O2/c1-23-17(5-7-22-23)13-9-14-3-4-15(10-13)25(14)20(26)18-12-21-19-11-16(27-2)6-8-24(18)19/h5-8,11-15H,3-4,9-10H2,1-2H3. The van der Waals surface area contributed by atoms with Crippen molar-refractivity contribution < 1.29 is 9.53 Å². The van der Waals surface area contributed by atoms with Crippen molar-refractivity contribution in [2.75, 3.05) is 7.11 Å². The molecule has 0 aliphatic carbocycles. The molecule has 0 saturated carbocycles. The average molecular weight is 365 g/mol. The van der Waals surface area contributed by atoms with Crippen LogP contribution in [0.15, 0.2) is 36.8 Å². The second-order valence-corrected chi connectivity index (χ2v) is 7.58. The second-order valence-electron chi connectivity index (χ2n) is 7.58. The Balaban J connectivity index is 1.43. The van der Waals surface area contributed by atoms with E-state index in [2.05, 4.69) is 21.0 Å². The van der Waals surface area contributed by atoms with Crippen LogP contribution in [0.1, 0.15) is 47.8 Å². The molecule has 27 heavy (non-hydrogen) atoms. The molecule has 2 unspecified atom stereocenters. The molecule has 0 spiro atoms. The van der Waals surface area contributed by atoms with Crippen LogP contribution < -0.4 is 4.74 Å². The van der Waals surface area contributed by atoms with Gasteiger partial charge in [0.25, 0.3) is 5.91 Å². The predicted octanol–water partition coefficient (Wildman–Crippen LogP) is 2.63. The molecule has 0 radical (unpaired) electrons. The van der Waals surface area contributed by atoms with E-state index in [-0.39, 0.29) is 5.91 Å². The highest BCUT2D eigenvalue weighted by molar-refractivity contribution is 5.94. The summed E-state index contributed by atoms with van der Waals surface area (Å²) in [6.07, 6.45) is 9.58. The van der Waals surface area contributed by atoms with Crippen molar-refractivity contribution in [1.82, 2.24) is 24.1 Å². The van der Waals surface area contributed by atoms with Crippen LogP contribution in [-0.4, -0.2) is 49.2 Å². The number of piperidine rings is 1. The van der Waals surface area contributed by atoms with Gasteiger partial charge in [-0.05, 0) is 37.8 Å². The van der Waals surface area contributed by atoms with Crippen molar-refractivity contribution in [3.05, 3.63) is 48.2 Å². The molecule has 2 bridgehead atoms. The summed E-state index contributed by atoms with van der Waals surface area (Å²) in [6.45, 7) is 0. The minimum atomic E-state index is 0.0867. The first-order chi connectivity index (χ1) is 13.2. The number of aromatic nitrogens is 4. The molecule has 0 N–H and O–H groups in total. The maximum Gasteiger partial charge on any atom is 0.272 e. The molecule has 7 nitrogen and oxygen atoms in total. The molecule has 2 saturated heterocycles. The number of rotatable bonds is 3. The fourth-order valence-corrected chi connectivity index (χ4v) is 4.91. The Morgan fingerprint density at radius 1 is 1.22 bits per heavy atom. The molecule has 2 fully saturated rings. The lowest BCUT2D eigenvalue weighted by Gasteiger charge is -2.38. The number of nitrogens with zero attached hydrogens (tertiary/aromatic N) is 5. The maximum atomic E-state index is 13.4. The Morgan fingerprint density at radius 2 is 2.00 bits per heavy atom. The molecule has 0 aromatic carbocycles. The third-order valence-corrected chi connectivity index (χ3v) is 6.18. The van der Waals surface area contributed by atoms with Crippen LogP contribution in [0.5, 0.6) is 5.75 Å². The molecule has 5 rings (SSSR count). The lowest BCUT2D eigenvalue weighted by Crippen LogP contribution is -2.46. The number of ether oxygens (including phenoxy) is 1. The van der Waals surface area contributed by atoms with E-state index < -0.39 is 0 Å². The van der Waals surface area contributed by atoms with E-state index in [4.69, 9.17) is 4.74 Å². The van der Waals surface area contributed by atoms with E-state index in [0.717, 1.165) is 37.1 Å². The van der Waals surface area contributed by atoms with Crippen molar-refractivity contribution in [2.45, 2.75) is 43.7 Å². The SMILES string of the molecule is COc1ccn2c(C(=O)N3C4CCC3CC(c3ccnn3C)C4)cnc2c1. The van der Waals surface area contributed by atoms with E-state index in [0.29, 0.717) is 23.7 Å². The first-order valence-electron chi connectivity index (χ1n) is 9.47. The molecular weight excluding hydrogens is 342 g/mol. The number of hydrogen-bond donors (Lipinski definition) is 0. The van der Waals surface area contributed by atoms with Crippen molar-refractivity contribution >= 4 is 11.6 Å². The molecule has 2 aliphatic rings. The van der Waals surface area contributed by atoms with E-state index in [1.165, 1.54) is 5.69 Å². The number of methoxy groups -OCH3 is 1. The van der Waals surface area contributed by atoms with Crippen LogP contribution >= 0.6 is 0 Å². The molecule has 1 amide bonds. The summed E-state index contributed by atoms with van der Waals surface area (Å²) in [5, 5.41) is 4.32. The van der Waals surface area contributed by atoms with Gasteiger partial charge in [0.2, 0.25) is 0 Å². The minimum Gasteiger partial charge on any atom is -0.497 e. The largest absolute Gasteiger partial charge is 0.497 e. The van der Waals surface area contributed by atoms with Gasteiger partial charge in [-0.1, -0.05) is 0 Å². The number of aryl methyl sites for hydroxylation is 1. The normalized spacial score (nSPS) is 24.5. The van der Waals surface area contributed by atoms with Crippen LogP contribution in [-0.2, 0) is 7.05 Å². The van der Waals surface area contributed by atoms with Crippen molar-refractivity contribution in [3.8, 4) is 5.75 Å². The van der Waals surface area contributed by atoms with Gasteiger partial charge in [-0.15, -0.1) is 0 Å². The fourth-order valence-electron chi connectivity index (χ4n) is 4.91. The summed E-state index contributed by atoms with van der Waals surface area (Å²) in [5.74, 6) is 1.30. The van der Waals surface area contributed by atoms with Gasteiger partial charge in [0.15, 0.2) is 0 Å².